The van der Waals surface area contributed by atoms with E-state index in [-0.39, 0.29) is 22.8 Å². The zero-order valence-electron chi connectivity index (χ0n) is 19.4. The maximum absolute atomic E-state index is 12.5. The Morgan fingerprint density at radius 3 is 2.12 bits per heavy atom. The van der Waals surface area contributed by atoms with Gasteiger partial charge in [0.1, 0.15) is 5.69 Å². The molecule has 0 bridgehead atoms. The maximum atomic E-state index is 12.5. The van der Waals surface area contributed by atoms with Crippen molar-refractivity contribution in [2.24, 2.45) is 0 Å². The van der Waals surface area contributed by atoms with E-state index in [0.717, 1.165) is 0 Å². The van der Waals surface area contributed by atoms with Gasteiger partial charge >= 0.3 is 11.9 Å². The van der Waals surface area contributed by atoms with E-state index in [1.54, 1.807) is 34.6 Å². The molecule has 1 heterocycles. The lowest BCUT2D eigenvalue weighted by Crippen LogP contribution is -2.30. The van der Waals surface area contributed by atoms with Gasteiger partial charge in [-0.1, -0.05) is 13.8 Å². The first-order chi connectivity index (χ1) is 15.6. The molecule has 0 aliphatic rings. The van der Waals surface area contributed by atoms with E-state index in [1.165, 1.54) is 28.6 Å². The summed E-state index contributed by atoms with van der Waals surface area (Å²) in [5.41, 5.74) is 1.47. The summed E-state index contributed by atoms with van der Waals surface area (Å²) in [4.78, 5) is 39.6. The number of benzene rings is 1. The molecule has 0 saturated carbocycles. The first kappa shape index (κ1) is 26.1. The third kappa shape index (κ3) is 5.99. The number of esters is 2. The van der Waals surface area contributed by atoms with Crippen molar-refractivity contribution >= 4 is 33.6 Å². The molecule has 11 heteroatoms. The van der Waals surface area contributed by atoms with Crippen LogP contribution >= 0.6 is 0 Å². The molecule has 0 unspecified atom stereocenters. The molecule has 0 atom stereocenters. The minimum absolute atomic E-state index is 0.117. The predicted molar refractivity (Wildman–Crippen MR) is 122 cm³/mol. The topological polar surface area (TPSA) is 135 Å². The number of aromatic amines is 1. The minimum Gasteiger partial charge on any atom is -0.461 e. The van der Waals surface area contributed by atoms with E-state index in [9.17, 15) is 22.8 Å². The molecule has 2 rings (SSSR count). The zero-order chi connectivity index (χ0) is 24.8. The fraction of sp³-hybridized carbons (Fsp3) is 0.409. The van der Waals surface area contributed by atoms with Crippen molar-refractivity contribution in [2.45, 2.75) is 39.5 Å². The van der Waals surface area contributed by atoms with Crippen LogP contribution in [0.5, 0.6) is 0 Å². The van der Waals surface area contributed by atoms with Crippen molar-refractivity contribution in [3.05, 3.63) is 46.8 Å². The van der Waals surface area contributed by atoms with E-state index >= 15 is 0 Å². The Kier molecular flexibility index (Phi) is 8.77. The van der Waals surface area contributed by atoms with Gasteiger partial charge < -0.3 is 19.8 Å². The van der Waals surface area contributed by atoms with Crippen LogP contribution in [0.1, 0.15) is 52.9 Å². The van der Waals surface area contributed by atoms with Gasteiger partial charge in [0.15, 0.2) is 6.61 Å². The minimum atomic E-state index is -3.60. The molecule has 2 aromatic rings. The molecular formula is C22H29N3O7S. The van der Waals surface area contributed by atoms with Gasteiger partial charge in [-0.25, -0.2) is 18.0 Å². The molecule has 10 nitrogen and oxygen atoms in total. The average Bonchev–Trinajstić information content (AvgIpc) is 3.07. The van der Waals surface area contributed by atoms with Crippen LogP contribution in [0.2, 0.25) is 0 Å². The molecule has 33 heavy (non-hydrogen) atoms. The van der Waals surface area contributed by atoms with Crippen molar-refractivity contribution < 1.29 is 32.3 Å². The molecule has 0 spiro atoms. The fourth-order valence-electron chi connectivity index (χ4n) is 3.29. The molecule has 1 aromatic heterocycles. The molecule has 2 N–H and O–H groups in total. The smallest absolute Gasteiger partial charge is 0.355 e. The van der Waals surface area contributed by atoms with Crippen molar-refractivity contribution in [1.82, 2.24) is 9.29 Å². The largest absolute Gasteiger partial charge is 0.461 e. The Bertz CT molecular complexity index is 1120. The summed E-state index contributed by atoms with van der Waals surface area (Å²) in [5.74, 6) is -1.94. The van der Waals surface area contributed by atoms with Crippen molar-refractivity contribution in [2.75, 3.05) is 31.6 Å². The number of rotatable bonds is 10. The lowest BCUT2D eigenvalue weighted by Gasteiger charge is -2.18. The molecular weight excluding hydrogens is 450 g/mol. The number of H-pyrrole nitrogens is 1. The third-order valence-corrected chi connectivity index (χ3v) is 7.00. The fourth-order valence-corrected chi connectivity index (χ4v) is 4.74. The average molecular weight is 480 g/mol. The summed E-state index contributed by atoms with van der Waals surface area (Å²) in [5, 5.41) is 2.55. The van der Waals surface area contributed by atoms with E-state index in [4.69, 9.17) is 9.47 Å². The lowest BCUT2D eigenvalue weighted by molar-refractivity contribution is -0.119. The Labute approximate surface area is 193 Å². The summed E-state index contributed by atoms with van der Waals surface area (Å²) in [6.07, 6.45) is 0. The number of sulfonamides is 1. The van der Waals surface area contributed by atoms with Crippen molar-refractivity contribution in [1.29, 1.82) is 0 Å². The number of hydrogen-bond donors (Lipinski definition) is 2. The van der Waals surface area contributed by atoms with Crippen molar-refractivity contribution in [3.8, 4) is 0 Å². The van der Waals surface area contributed by atoms with Gasteiger partial charge in [0, 0.05) is 24.5 Å². The molecule has 0 aliphatic carbocycles. The van der Waals surface area contributed by atoms with Gasteiger partial charge in [-0.05, 0) is 50.6 Å². The monoisotopic (exact) mass is 479 g/mol. The number of carbonyl (C=O) groups is 3. The number of hydrogen-bond acceptors (Lipinski definition) is 7. The predicted octanol–water partition coefficient (Wildman–Crippen LogP) is 2.63. The van der Waals surface area contributed by atoms with Crippen LogP contribution in [0.3, 0.4) is 0 Å². The Morgan fingerprint density at radius 2 is 1.58 bits per heavy atom. The quantitative estimate of drug-likeness (QED) is 0.500. The number of amides is 1. The molecule has 180 valence electrons. The Balaban J connectivity index is 2.01. The van der Waals surface area contributed by atoms with E-state index in [0.29, 0.717) is 30.0 Å². The molecule has 1 aromatic carbocycles. The maximum Gasteiger partial charge on any atom is 0.355 e. The van der Waals surface area contributed by atoms with E-state index in [1.807, 2.05) is 0 Å². The second kappa shape index (κ2) is 11.1. The number of carbonyl (C=O) groups excluding carboxylic acids is 3. The zero-order valence-corrected chi connectivity index (χ0v) is 20.2. The number of ether oxygens (including phenoxy) is 2. The number of aryl methyl sites for hydroxylation is 1. The highest BCUT2D eigenvalue weighted by molar-refractivity contribution is 7.89. The number of nitrogens with zero attached hydrogens (tertiary/aromatic N) is 1. The summed E-state index contributed by atoms with van der Waals surface area (Å²) in [6.45, 7) is 8.72. The second-order valence-electron chi connectivity index (χ2n) is 7.08. The normalized spacial score (nSPS) is 11.3. The van der Waals surface area contributed by atoms with Crippen LogP contribution in [0.15, 0.2) is 29.2 Å². The molecule has 0 fully saturated rings. The molecule has 1 amide bonds. The Morgan fingerprint density at radius 1 is 0.970 bits per heavy atom. The standard InChI is InChI=1S/C22H29N3O7S/c1-6-25(7-2)33(29,30)17-11-9-16(10-12-17)24-18(26)13-32-21(27)19-14(4)20(23-15(19)5)22(28)31-8-3/h9-12,23H,6-8,13H2,1-5H3,(H,24,26). The highest BCUT2D eigenvalue weighted by atomic mass is 32.2. The van der Waals surface area contributed by atoms with Crippen LogP contribution in [-0.4, -0.2) is 61.9 Å². The van der Waals surface area contributed by atoms with E-state index in [2.05, 4.69) is 10.3 Å². The summed E-state index contributed by atoms with van der Waals surface area (Å²) >= 11 is 0. The first-order valence-corrected chi connectivity index (χ1v) is 11.9. The van der Waals surface area contributed by atoms with E-state index < -0.39 is 34.5 Å². The van der Waals surface area contributed by atoms with Crippen LogP contribution in [0, 0.1) is 13.8 Å². The van der Waals surface area contributed by atoms with Gasteiger partial charge in [-0.3, -0.25) is 4.79 Å². The number of aromatic nitrogens is 1. The SMILES string of the molecule is CCOC(=O)c1[nH]c(C)c(C(=O)OCC(=O)Nc2ccc(S(=O)(=O)N(CC)CC)cc2)c1C. The van der Waals surface area contributed by atoms with Gasteiger partial charge in [0.25, 0.3) is 5.91 Å². The van der Waals surface area contributed by atoms with Gasteiger partial charge in [-0.2, -0.15) is 4.31 Å². The summed E-state index contributed by atoms with van der Waals surface area (Å²) in [6, 6.07) is 5.72. The highest BCUT2D eigenvalue weighted by Crippen LogP contribution is 2.20. The van der Waals surface area contributed by atoms with Crippen LogP contribution < -0.4 is 5.32 Å². The molecule has 0 saturated heterocycles. The Hall–Kier alpha value is -3.18. The van der Waals surface area contributed by atoms with Crippen LogP contribution in [0.4, 0.5) is 5.69 Å². The van der Waals surface area contributed by atoms with Gasteiger partial charge in [-0.15, -0.1) is 0 Å². The number of anilines is 1. The first-order valence-electron chi connectivity index (χ1n) is 10.5. The summed E-state index contributed by atoms with van der Waals surface area (Å²) < 4.78 is 36.4. The second-order valence-corrected chi connectivity index (χ2v) is 9.02. The summed E-state index contributed by atoms with van der Waals surface area (Å²) in [7, 11) is -3.60. The third-order valence-electron chi connectivity index (χ3n) is 4.94. The van der Waals surface area contributed by atoms with Crippen molar-refractivity contribution in [3.63, 3.8) is 0 Å². The highest BCUT2D eigenvalue weighted by Gasteiger charge is 2.24. The van der Waals surface area contributed by atoms with Gasteiger partial charge in [0.2, 0.25) is 10.0 Å². The molecule has 0 aliphatic heterocycles. The van der Waals surface area contributed by atoms with Crippen LogP contribution in [0.25, 0.3) is 0 Å². The van der Waals surface area contributed by atoms with Crippen LogP contribution in [-0.2, 0) is 24.3 Å². The number of nitrogens with one attached hydrogen (secondary N) is 2. The lowest BCUT2D eigenvalue weighted by atomic mass is 10.1. The van der Waals surface area contributed by atoms with Gasteiger partial charge in [0.05, 0.1) is 17.1 Å². The molecule has 0 radical (unpaired) electrons.